The maximum absolute atomic E-state index is 13.7. The van der Waals surface area contributed by atoms with E-state index in [1.165, 1.54) is 43.0 Å². The molecule has 0 radical (unpaired) electrons. The summed E-state index contributed by atoms with van der Waals surface area (Å²) in [6, 6.07) is -2.27. The first-order valence-electron chi connectivity index (χ1n) is 15.1. The molecule has 1 aromatic rings. The predicted octanol–water partition coefficient (Wildman–Crippen LogP) is -2.54. The highest BCUT2D eigenvalue weighted by Crippen LogP contribution is 2.13. The highest BCUT2D eigenvalue weighted by molar-refractivity contribution is 7.98. The van der Waals surface area contributed by atoms with Gasteiger partial charge in [0.1, 0.15) is 36.0 Å². The van der Waals surface area contributed by atoms with Gasteiger partial charge >= 0.3 is 5.97 Å². The smallest absolute Gasteiger partial charge is 0.325 e. The summed E-state index contributed by atoms with van der Waals surface area (Å²) in [5.41, 5.74) is 11.6. The molecular formula is C30H47N7O10S. The predicted molar refractivity (Wildman–Crippen MR) is 176 cm³/mol. The number of aromatic hydroxyl groups is 1. The van der Waals surface area contributed by atoms with Crippen LogP contribution in [0.15, 0.2) is 24.3 Å². The molecule has 6 unspecified atom stereocenters. The number of aliphatic hydroxyl groups is 1. The van der Waals surface area contributed by atoms with Gasteiger partial charge < -0.3 is 53.4 Å². The number of rotatable bonds is 21. The average molecular weight is 698 g/mol. The van der Waals surface area contributed by atoms with E-state index < -0.39 is 90.7 Å². The van der Waals surface area contributed by atoms with Crippen molar-refractivity contribution in [3.05, 3.63) is 29.8 Å². The molecular weight excluding hydrogens is 650 g/mol. The maximum atomic E-state index is 13.7. The van der Waals surface area contributed by atoms with Crippen molar-refractivity contribution in [1.82, 2.24) is 26.6 Å². The number of thioether (sulfide) groups is 1. The number of hydrogen-bond donors (Lipinski definition) is 10. The van der Waals surface area contributed by atoms with E-state index in [-0.39, 0.29) is 24.5 Å². The van der Waals surface area contributed by atoms with Crippen molar-refractivity contribution in [1.29, 1.82) is 0 Å². The van der Waals surface area contributed by atoms with Gasteiger partial charge in [-0.25, -0.2) is 0 Å². The molecule has 0 spiro atoms. The number of carboxylic acids is 1. The number of amides is 6. The van der Waals surface area contributed by atoms with Gasteiger partial charge in [0.05, 0.1) is 19.1 Å². The normalized spacial score (nSPS) is 14.7. The molecule has 0 saturated heterocycles. The molecule has 6 atom stereocenters. The zero-order valence-corrected chi connectivity index (χ0v) is 28.2. The standard InChI is InChI=1S/C30H47N7O10S/c1-15(2)11-20(27(43)36-22(13-24(32)40)26(42)33-16(3)30(46)47)34-28(44)21(12-17-5-7-18(39)8-6-17)35-29(45)23(14-38)37-25(41)19(31)9-10-48-4/h5-8,15-16,19-23,38-39H,9-14,31H2,1-4H3,(H2,32,40)(H,33,42)(H,34,44)(H,35,45)(H,36,43)(H,37,41)(H,46,47). The first kappa shape index (κ1) is 41.6. The second-order valence-electron chi connectivity index (χ2n) is 11.6. The molecule has 0 aliphatic heterocycles. The highest BCUT2D eigenvalue weighted by Gasteiger charge is 2.33. The van der Waals surface area contributed by atoms with Crippen molar-refractivity contribution in [2.45, 2.75) is 82.7 Å². The largest absolute Gasteiger partial charge is 0.508 e. The number of carbonyl (C=O) groups excluding carboxylic acids is 6. The van der Waals surface area contributed by atoms with Crippen LogP contribution in [0.2, 0.25) is 0 Å². The number of nitrogens with one attached hydrogen (secondary N) is 5. The molecule has 0 aromatic heterocycles. The number of hydrogen-bond acceptors (Lipinski definition) is 11. The molecule has 1 rings (SSSR count). The second-order valence-corrected chi connectivity index (χ2v) is 12.5. The van der Waals surface area contributed by atoms with Crippen LogP contribution in [0.5, 0.6) is 5.75 Å². The molecule has 1 aromatic carbocycles. The Labute approximate surface area is 282 Å². The van der Waals surface area contributed by atoms with Gasteiger partial charge in [0.15, 0.2) is 0 Å². The summed E-state index contributed by atoms with van der Waals surface area (Å²) in [6.07, 6.45) is 1.38. The van der Waals surface area contributed by atoms with Gasteiger partial charge in [-0.3, -0.25) is 33.6 Å². The van der Waals surface area contributed by atoms with Gasteiger partial charge in [0.25, 0.3) is 0 Å². The van der Waals surface area contributed by atoms with Gasteiger partial charge in [-0.05, 0) is 55.4 Å². The fraction of sp³-hybridized carbons (Fsp3) is 0.567. The lowest BCUT2D eigenvalue weighted by Crippen LogP contribution is -2.60. The quantitative estimate of drug-likeness (QED) is 0.0636. The monoisotopic (exact) mass is 697 g/mol. The van der Waals surface area contributed by atoms with Crippen molar-refractivity contribution in [3.8, 4) is 5.75 Å². The molecule has 17 nitrogen and oxygen atoms in total. The number of carboxylic acid groups (broad SMARTS) is 1. The minimum Gasteiger partial charge on any atom is -0.508 e. The van der Waals surface area contributed by atoms with Crippen LogP contribution >= 0.6 is 11.8 Å². The minimum atomic E-state index is -1.56. The van der Waals surface area contributed by atoms with Crippen LogP contribution in [-0.2, 0) is 40.0 Å². The van der Waals surface area contributed by atoms with Crippen molar-refractivity contribution >= 4 is 53.2 Å². The third-order valence-corrected chi connectivity index (χ3v) is 7.55. The van der Waals surface area contributed by atoms with E-state index in [1.54, 1.807) is 13.8 Å². The fourth-order valence-corrected chi connectivity index (χ4v) is 4.72. The summed E-state index contributed by atoms with van der Waals surface area (Å²) in [5, 5.41) is 40.6. The third kappa shape index (κ3) is 15.0. The van der Waals surface area contributed by atoms with E-state index in [2.05, 4.69) is 26.6 Å². The Balaban J connectivity index is 3.29. The Morgan fingerprint density at radius 1 is 0.771 bits per heavy atom. The van der Waals surface area contributed by atoms with Crippen molar-refractivity contribution in [2.75, 3.05) is 18.6 Å². The molecule has 6 amide bonds. The molecule has 268 valence electrons. The Bertz CT molecular complexity index is 1280. The van der Waals surface area contributed by atoms with Crippen LogP contribution in [0.3, 0.4) is 0 Å². The summed E-state index contributed by atoms with van der Waals surface area (Å²) in [7, 11) is 0. The zero-order chi connectivity index (χ0) is 36.6. The summed E-state index contributed by atoms with van der Waals surface area (Å²) in [4.78, 5) is 88.4. The molecule has 0 bridgehead atoms. The summed E-state index contributed by atoms with van der Waals surface area (Å²) < 4.78 is 0. The van der Waals surface area contributed by atoms with Crippen LogP contribution < -0.4 is 38.1 Å². The van der Waals surface area contributed by atoms with Gasteiger partial charge in [0, 0.05) is 6.42 Å². The number of carbonyl (C=O) groups is 7. The lowest BCUT2D eigenvalue weighted by atomic mass is 10.00. The van der Waals surface area contributed by atoms with Gasteiger partial charge in [-0.15, -0.1) is 0 Å². The third-order valence-electron chi connectivity index (χ3n) is 6.90. The van der Waals surface area contributed by atoms with Crippen molar-refractivity contribution in [2.24, 2.45) is 17.4 Å². The maximum Gasteiger partial charge on any atom is 0.325 e. The van der Waals surface area contributed by atoms with Gasteiger partial charge in [-0.2, -0.15) is 11.8 Å². The van der Waals surface area contributed by atoms with Gasteiger partial charge in [-0.1, -0.05) is 26.0 Å². The summed E-state index contributed by atoms with van der Waals surface area (Å²) >= 11 is 1.47. The zero-order valence-electron chi connectivity index (χ0n) is 27.4. The van der Waals surface area contributed by atoms with E-state index in [0.29, 0.717) is 17.7 Å². The molecule has 0 heterocycles. The Hall–Kier alpha value is -4.42. The molecule has 18 heteroatoms. The lowest BCUT2D eigenvalue weighted by Gasteiger charge is -2.27. The van der Waals surface area contributed by atoms with Crippen LogP contribution in [0, 0.1) is 5.92 Å². The van der Waals surface area contributed by atoms with Gasteiger partial charge in [0.2, 0.25) is 35.4 Å². The summed E-state index contributed by atoms with van der Waals surface area (Å²) in [6.45, 7) is 3.87. The highest BCUT2D eigenvalue weighted by atomic mass is 32.2. The number of nitrogens with two attached hydrogens (primary N) is 2. The van der Waals surface area contributed by atoms with E-state index in [0.717, 1.165) is 0 Å². The average Bonchev–Trinajstić information content (AvgIpc) is 3.01. The fourth-order valence-electron chi connectivity index (χ4n) is 4.23. The summed E-state index contributed by atoms with van der Waals surface area (Å²) in [5.74, 6) is -6.32. The molecule has 0 fully saturated rings. The minimum absolute atomic E-state index is 0.0388. The number of phenolic OH excluding ortho intramolecular Hbond substituents is 1. The second kappa shape index (κ2) is 20.7. The number of aliphatic hydroxyl groups excluding tert-OH is 1. The Kier molecular flexibility index (Phi) is 18.0. The molecule has 48 heavy (non-hydrogen) atoms. The first-order chi connectivity index (χ1) is 22.5. The van der Waals surface area contributed by atoms with E-state index in [9.17, 15) is 43.8 Å². The van der Waals surface area contributed by atoms with Crippen LogP contribution in [0.1, 0.15) is 45.6 Å². The van der Waals surface area contributed by atoms with Crippen molar-refractivity contribution in [3.63, 3.8) is 0 Å². The van der Waals surface area contributed by atoms with Crippen LogP contribution in [0.25, 0.3) is 0 Å². The lowest BCUT2D eigenvalue weighted by molar-refractivity contribution is -0.142. The molecule has 12 N–H and O–H groups in total. The number of primary amides is 1. The SMILES string of the molecule is CSCCC(N)C(=O)NC(CO)C(=O)NC(Cc1ccc(O)cc1)C(=O)NC(CC(C)C)C(=O)NC(CC(N)=O)C(=O)NC(C)C(=O)O. The number of aliphatic carboxylic acids is 1. The molecule has 0 saturated carbocycles. The van der Waals surface area contributed by atoms with E-state index >= 15 is 0 Å². The topological polar surface area (TPSA) is 292 Å². The first-order valence-corrected chi connectivity index (χ1v) is 16.5. The van der Waals surface area contributed by atoms with E-state index in [4.69, 9.17) is 16.6 Å². The number of benzene rings is 1. The Morgan fingerprint density at radius 3 is 1.79 bits per heavy atom. The number of phenols is 1. The Morgan fingerprint density at radius 2 is 1.27 bits per heavy atom. The van der Waals surface area contributed by atoms with Crippen LogP contribution in [0.4, 0.5) is 0 Å². The molecule has 0 aliphatic rings. The van der Waals surface area contributed by atoms with Crippen LogP contribution in [-0.4, -0.2) is 112 Å². The van der Waals surface area contributed by atoms with E-state index in [1.807, 2.05) is 6.26 Å². The molecule has 0 aliphatic carbocycles. The van der Waals surface area contributed by atoms with Crippen molar-refractivity contribution < 1.29 is 48.9 Å².